The number of carboxylic acids is 1. The molecular weight excluding hydrogens is 371 g/mol. The molecule has 0 heterocycles. The lowest BCUT2D eigenvalue weighted by atomic mass is 10.1. The van der Waals surface area contributed by atoms with Crippen LogP contribution in [0.2, 0.25) is 0 Å². The fourth-order valence-electron chi connectivity index (χ4n) is 0.877. The zero-order chi connectivity index (χ0) is 19.5. The van der Waals surface area contributed by atoms with E-state index in [1.54, 1.807) is 0 Å². The standard InChI is InChI=1S/C7H13NO4S.C3H4O2.H3N.H3O4P/c1-4-6(9)8-7(2,3)5-13(10,11)12;1-2-3(4)5;;1-5(2,3)4/h4H,1,5H2,2-3H3,(H,8,9)(H,10,11,12);2H,1H2,(H,4,5);1H3;(H3,1,2,3,4). The first-order chi connectivity index (χ1) is 9.93. The van der Waals surface area contributed by atoms with Gasteiger partial charge in [-0.15, -0.1) is 0 Å². The molecule has 0 radical (unpaired) electrons. The molecule has 0 aromatic rings. The van der Waals surface area contributed by atoms with Crippen LogP contribution in [-0.2, 0) is 24.3 Å². The number of hydrogen-bond donors (Lipinski definition) is 7. The van der Waals surface area contributed by atoms with Gasteiger partial charge in [-0.05, 0) is 19.9 Å². The molecule has 0 aliphatic carbocycles. The fraction of sp³-hybridized carbons (Fsp3) is 0.400. The van der Waals surface area contributed by atoms with E-state index < -0.39 is 41.1 Å². The number of nitrogens with one attached hydrogen (secondary N) is 1. The third-order valence-corrected chi connectivity index (χ3v) is 2.45. The quantitative estimate of drug-likeness (QED) is 0.177. The lowest BCUT2D eigenvalue weighted by Crippen LogP contribution is -2.47. The Morgan fingerprint density at radius 2 is 1.46 bits per heavy atom. The van der Waals surface area contributed by atoms with E-state index in [-0.39, 0.29) is 6.15 Å². The lowest BCUT2D eigenvalue weighted by Gasteiger charge is -2.23. The number of carboxylic acid groups (broad SMARTS) is 1. The summed E-state index contributed by atoms with van der Waals surface area (Å²) in [6, 6.07) is 0. The molecule has 0 unspecified atom stereocenters. The van der Waals surface area contributed by atoms with E-state index in [0.29, 0.717) is 0 Å². The van der Waals surface area contributed by atoms with Crippen molar-refractivity contribution in [2.75, 3.05) is 5.75 Å². The first-order valence-electron chi connectivity index (χ1n) is 5.47. The molecule has 24 heavy (non-hydrogen) atoms. The van der Waals surface area contributed by atoms with Crippen LogP contribution in [0, 0.1) is 0 Å². The lowest BCUT2D eigenvalue weighted by molar-refractivity contribution is -0.131. The molecule has 1 amide bonds. The van der Waals surface area contributed by atoms with Gasteiger partial charge in [-0.1, -0.05) is 13.2 Å². The zero-order valence-corrected chi connectivity index (χ0v) is 14.8. The molecule has 0 saturated heterocycles. The van der Waals surface area contributed by atoms with Crippen LogP contribution in [0.1, 0.15) is 13.8 Å². The number of amides is 1. The van der Waals surface area contributed by atoms with Gasteiger partial charge in [-0.3, -0.25) is 9.35 Å². The molecule has 0 aliphatic heterocycles. The maximum Gasteiger partial charge on any atom is 0.466 e. The van der Waals surface area contributed by atoms with Crippen molar-refractivity contribution < 1.29 is 46.9 Å². The topological polar surface area (TPSA) is 234 Å². The van der Waals surface area contributed by atoms with Crippen LogP contribution in [0.3, 0.4) is 0 Å². The third kappa shape index (κ3) is 42.8. The highest BCUT2D eigenvalue weighted by Gasteiger charge is 2.25. The van der Waals surface area contributed by atoms with Gasteiger partial charge in [-0.25, -0.2) is 9.36 Å². The van der Waals surface area contributed by atoms with Crippen molar-refractivity contribution in [1.29, 1.82) is 0 Å². The summed E-state index contributed by atoms with van der Waals surface area (Å²) < 4.78 is 38.4. The molecule has 0 aliphatic rings. The zero-order valence-electron chi connectivity index (χ0n) is 13.1. The van der Waals surface area contributed by atoms with Gasteiger partial charge in [0.05, 0.1) is 11.3 Å². The second kappa shape index (κ2) is 12.8. The molecule has 0 aromatic heterocycles. The predicted molar refractivity (Wildman–Crippen MR) is 86.0 cm³/mol. The highest BCUT2D eigenvalue weighted by Crippen LogP contribution is 2.25. The van der Waals surface area contributed by atoms with Gasteiger partial charge in [0.1, 0.15) is 0 Å². The molecule has 0 fully saturated rings. The molecule has 0 saturated carbocycles. The molecule has 0 aromatic carbocycles. The van der Waals surface area contributed by atoms with Crippen LogP contribution in [0.4, 0.5) is 0 Å². The molecular formula is C10H23N2O10PS. The highest BCUT2D eigenvalue weighted by atomic mass is 32.2. The fourth-order valence-corrected chi connectivity index (χ4v) is 1.86. The summed E-state index contributed by atoms with van der Waals surface area (Å²) in [5.74, 6) is -1.99. The van der Waals surface area contributed by atoms with E-state index in [4.69, 9.17) is 28.9 Å². The van der Waals surface area contributed by atoms with Crippen molar-refractivity contribution in [2.24, 2.45) is 0 Å². The van der Waals surface area contributed by atoms with Crippen LogP contribution >= 0.6 is 7.82 Å². The summed E-state index contributed by atoms with van der Waals surface area (Å²) >= 11 is 0. The van der Waals surface area contributed by atoms with Crippen molar-refractivity contribution >= 4 is 29.8 Å². The van der Waals surface area contributed by atoms with E-state index in [1.165, 1.54) is 13.8 Å². The Morgan fingerprint density at radius 3 is 1.62 bits per heavy atom. The average Bonchev–Trinajstić information content (AvgIpc) is 2.23. The number of hydrogen-bond acceptors (Lipinski definition) is 6. The molecule has 0 bridgehead atoms. The van der Waals surface area contributed by atoms with Crippen LogP contribution < -0.4 is 11.5 Å². The van der Waals surface area contributed by atoms with Gasteiger partial charge in [0.25, 0.3) is 10.1 Å². The number of carbonyl (C=O) groups excluding carboxylic acids is 1. The van der Waals surface area contributed by atoms with Gasteiger partial charge in [0.2, 0.25) is 5.91 Å². The van der Waals surface area contributed by atoms with E-state index in [1.807, 2.05) is 0 Å². The molecule has 144 valence electrons. The van der Waals surface area contributed by atoms with Gasteiger partial charge in [-0.2, -0.15) is 8.42 Å². The Kier molecular flexibility index (Phi) is 16.1. The molecule has 0 atom stereocenters. The normalized spacial score (nSPS) is 10.4. The Morgan fingerprint density at radius 1 is 1.17 bits per heavy atom. The minimum Gasteiger partial charge on any atom is -0.478 e. The van der Waals surface area contributed by atoms with Crippen LogP contribution in [0.5, 0.6) is 0 Å². The number of aliphatic carboxylic acids is 1. The second-order valence-electron chi connectivity index (χ2n) is 4.36. The summed E-state index contributed by atoms with van der Waals surface area (Å²) in [6.07, 6.45) is 1.87. The van der Waals surface area contributed by atoms with Crippen LogP contribution in [0.25, 0.3) is 0 Å². The van der Waals surface area contributed by atoms with E-state index >= 15 is 0 Å². The van der Waals surface area contributed by atoms with Crippen molar-refractivity contribution in [3.05, 3.63) is 25.3 Å². The van der Waals surface area contributed by atoms with Crippen molar-refractivity contribution in [1.82, 2.24) is 11.5 Å². The van der Waals surface area contributed by atoms with Crippen molar-refractivity contribution in [2.45, 2.75) is 19.4 Å². The monoisotopic (exact) mass is 394 g/mol. The number of carbonyl (C=O) groups is 2. The Hall–Kier alpha value is -1.60. The number of rotatable bonds is 5. The van der Waals surface area contributed by atoms with E-state index in [9.17, 15) is 18.0 Å². The Bertz CT molecular complexity index is 558. The predicted octanol–water partition coefficient (Wildman–Crippen LogP) is -0.555. The summed E-state index contributed by atoms with van der Waals surface area (Å²) in [5, 5.41) is 9.97. The molecule has 9 N–H and O–H groups in total. The Labute approximate surface area is 139 Å². The van der Waals surface area contributed by atoms with Gasteiger partial charge in [0.15, 0.2) is 0 Å². The molecule has 12 nitrogen and oxygen atoms in total. The van der Waals surface area contributed by atoms with Gasteiger partial charge < -0.3 is 31.3 Å². The first kappa shape index (κ1) is 30.3. The largest absolute Gasteiger partial charge is 0.478 e. The van der Waals surface area contributed by atoms with Crippen molar-refractivity contribution in [3.8, 4) is 0 Å². The van der Waals surface area contributed by atoms with Crippen molar-refractivity contribution in [3.63, 3.8) is 0 Å². The summed E-state index contributed by atoms with van der Waals surface area (Å²) in [5.41, 5.74) is -1.00. The number of phosphoric acid groups is 1. The van der Waals surface area contributed by atoms with Crippen LogP contribution in [-0.4, -0.2) is 55.9 Å². The summed E-state index contributed by atoms with van der Waals surface area (Å²) in [4.78, 5) is 41.6. The Balaban J connectivity index is -0.000000151. The van der Waals surface area contributed by atoms with Gasteiger partial charge in [0, 0.05) is 6.08 Å². The van der Waals surface area contributed by atoms with Gasteiger partial charge >= 0.3 is 13.8 Å². The first-order valence-corrected chi connectivity index (χ1v) is 8.64. The van der Waals surface area contributed by atoms with E-state index in [0.717, 1.165) is 12.2 Å². The van der Waals surface area contributed by atoms with Crippen LogP contribution in [0.15, 0.2) is 25.3 Å². The minimum absolute atomic E-state index is 0. The highest BCUT2D eigenvalue weighted by molar-refractivity contribution is 7.85. The average molecular weight is 394 g/mol. The second-order valence-corrected chi connectivity index (χ2v) is 6.84. The smallest absolute Gasteiger partial charge is 0.466 e. The van der Waals surface area contributed by atoms with E-state index in [2.05, 4.69) is 18.5 Å². The minimum atomic E-state index is -4.64. The maximum atomic E-state index is 10.8. The molecule has 0 spiro atoms. The molecule has 14 heteroatoms. The third-order valence-electron chi connectivity index (χ3n) is 1.36. The maximum absolute atomic E-state index is 10.8. The summed E-state index contributed by atoms with van der Waals surface area (Å²) in [7, 11) is -8.72. The summed E-state index contributed by atoms with van der Waals surface area (Å²) in [6.45, 7) is 9.15. The SMILES string of the molecule is C=CC(=O)NC(C)(C)CS(=O)(=O)O.C=CC(=O)O.N.O=P(O)(O)O. The molecule has 0 rings (SSSR count).